The molecule has 4 rings (SSSR count). The molecule has 1 saturated heterocycles. The summed E-state index contributed by atoms with van der Waals surface area (Å²) in [7, 11) is 0. The number of likely N-dealkylation sites (tertiary alicyclic amines) is 1. The molecule has 4 heterocycles. The Morgan fingerprint density at radius 1 is 1.50 bits per heavy atom. The summed E-state index contributed by atoms with van der Waals surface area (Å²) in [5.41, 5.74) is 0.289. The van der Waals surface area contributed by atoms with Gasteiger partial charge in [0.05, 0.1) is 23.3 Å². The molecule has 0 spiro atoms. The zero-order valence-corrected chi connectivity index (χ0v) is 15.2. The quantitative estimate of drug-likeness (QED) is 0.643. The predicted molar refractivity (Wildman–Crippen MR) is 93.0 cm³/mol. The minimum atomic E-state index is -0.206. The average molecular weight is 419 g/mol. The second-order valence-corrected chi connectivity index (χ2v) is 6.60. The van der Waals surface area contributed by atoms with Crippen LogP contribution in [0.1, 0.15) is 41.0 Å². The van der Waals surface area contributed by atoms with E-state index in [0.717, 1.165) is 18.6 Å². The Bertz CT molecular complexity index is 883. The molecular weight excluding hydrogens is 404 g/mol. The third-order valence-electron chi connectivity index (χ3n) is 4.12. The minimum absolute atomic E-state index is 0.201. The fraction of sp³-hybridized carbons (Fsp3) is 0.333. The molecule has 3 aromatic rings. The van der Waals surface area contributed by atoms with Gasteiger partial charge in [0, 0.05) is 12.7 Å². The highest BCUT2D eigenvalue weighted by Gasteiger charge is 2.34. The van der Waals surface area contributed by atoms with Crippen molar-refractivity contribution in [2.45, 2.75) is 25.4 Å². The summed E-state index contributed by atoms with van der Waals surface area (Å²) < 4.78 is 5.80. The molecule has 1 aliphatic heterocycles. The monoisotopic (exact) mass is 418 g/mol. The van der Waals surface area contributed by atoms with Gasteiger partial charge in [-0.05, 0) is 40.9 Å². The van der Waals surface area contributed by atoms with E-state index in [4.69, 9.17) is 4.42 Å². The van der Waals surface area contributed by atoms with Gasteiger partial charge in [0.2, 0.25) is 5.95 Å². The first kappa shape index (κ1) is 16.6. The molecule has 1 amide bonds. The number of nitrogens with zero attached hydrogens (tertiary/aromatic N) is 6. The highest BCUT2D eigenvalue weighted by Crippen LogP contribution is 2.31. The number of aromatic nitrogens is 6. The lowest BCUT2D eigenvalue weighted by Gasteiger charge is -2.22. The molecule has 0 radical (unpaired) electrons. The maximum atomic E-state index is 13.0. The molecule has 0 bridgehead atoms. The van der Waals surface area contributed by atoms with Gasteiger partial charge in [-0.2, -0.15) is 5.21 Å². The van der Waals surface area contributed by atoms with Crippen LogP contribution in [0.25, 0.3) is 0 Å². The maximum absolute atomic E-state index is 13.0. The number of carbonyl (C=O) groups is 1. The van der Waals surface area contributed by atoms with Gasteiger partial charge in [-0.1, -0.05) is 5.21 Å². The molecule has 26 heavy (non-hydrogen) atoms. The van der Waals surface area contributed by atoms with E-state index < -0.39 is 0 Å². The largest absolute Gasteiger partial charge is 0.467 e. The predicted octanol–water partition coefficient (Wildman–Crippen LogP) is 1.93. The van der Waals surface area contributed by atoms with E-state index in [1.807, 2.05) is 6.07 Å². The Kier molecular flexibility index (Phi) is 4.61. The molecule has 1 unspecified atom stereocenters. The zero-order valence-electron chi connectivity index (χ0n) is 13.6. The molecule has 3 aromatic heterocycles. The highest BCUT2D eigenvalue weighted by molar-refractivity contribution is 9.10. The lowest BCUT2D eigenvalue weighted by Crippen LogP contribution is -2.32. The van der Waals surface area contributed by atoms with Gasteiger partial charge in [-0.15, -0.1) is 10.2 Å². The van der Waals surface area contributed by atoms with E-state index in [1.54, 1.807) is 23.4 Å². The summed E-state index contributed by atoms with van der Waals surface area (Å²) in [4.78, 5) is 23.3. The number of carbonyl (C=O) groups excluding carboxylic acids is 1. The number of tetrazole rings is 1. The van der Waals surface area contributed by atoms with Crippen LogP contribution in [0.5, 0.6) is 0 Å². The lowest BCUT2D eigenvalue weighted by molar-refractivity contribution is 0.0723. The first-order valence-corrected chi connectivity index (χ1v) is 8.85. The fourth-order valence-corrected chi connectivity index (χ4v) is 3.27. The van der Waals surface area contributed by atoms with Crippen molar-refractivity contribution in [1.82, 2.24) is 35.5 Å². The number of H-pyrrole nitrogens is 1. The Hall–Kier alpha value is -2.82. The van der Waals surface area contributed by atoms with Crippen LogP contribution in [0.3, 0.4) is 0 Å². The molecule has 1 fully saturated rings. The molecule has 2 N–H and O–H groups in total. The van der Waals surface area contributed by atoms with E-state index in [1.165, 1.54) is 0 Å². The summed E-state index contributed by atoms with van der Waals surface area (Å²) in [5.74, 6) is 1.41. The van der Waals surface area contributed by atoms with Crippen LogP contribution in [0.4, 0.5) is 5.95 Å². The number of hydrogen-bond acceptors (Lipinski definition) is 8. The number of furan rings is 1. The van der Waals surface area contributed by atoms with Gasteiger partial charge in [0.15, 0.2) is 5.82 Å². The number of rotatable bonds is 5. The summed E-state index contributed by atoms with van der Waals surface area (Å²) in [6, 6.07) is 3.44. The molecular formula is C15H15BrN8O2. The Morgan fingerprint density at radius 2 is 2.42 bits per heavy atom. The Morgan fingerprint density at radius 3 is 3.19 bits per heavy atom. The average Bonchev–Trinajstić information content (AvgIpc) is 3.42. The van der Waals surface area contributed by atoms with Crippen molar-refractivity contribution in [3.05, 3.63) is 46.3 Å². The number of halogens is 1. The van der Waals surface area contributed by atoms with Crippen molar-refractivity contribution in [2.75, 3.05) is 11.9 Å². The standard InChI is InChI=1S/C15H15BrN8O2/c16-10-8-18-15(17-7-9-3-2-6-26-9)19-12(10)14(25)24-5-1-4-11(24)13-20-22-23-21-13/h2-3,6,8,11H,1,4-5,7H2,(H,17,18,19)(H,20,21,22,23). The van der Waals surface area contributed by atoms with Crippen molar-refractivity contribution in [3.8, 4) is 0 Å². The third kappa shape index (κ3) is 3.29. The molecule has 0 saturated carbocycles. The third-order valence-corrected chi connectivity index (χ3v) is 4.70. The van der Waals surface area contributed by atoms with Crippen LogP contribution in [-0.4, -0.2) is 47.9 Å². The summed E-state index contributed by atoms with van der Waals surface area (Å²) in [5, 5.41) is 17.1. The zero-order chi connectivity index (χ0) is 17.9. The molecule has 11 heteroatoms. The molecule has 1 atom stereocenters. The number of hydrogen-bond donors (Lipinski definition) is 2. The van der Waals surface area contributed by atoms with Crippen molar-refractivity contribution in [2.24, 2.45) is 0 Å². The molecule has 10 nitrogen and oxygen atoms in total. The second-order valence-electron chi connectivity index (χ2n) is 5.75. The van der Waals surface area contributed by atoms with E-state index in [2.05, 4.69) is 51.8 Å². The lowest BCUT2D eigenvalue weighted by atomic mass is 10.2. The highest BCUT2D eigenvalue weighted by atomic mass is 79.9. The Balaban J connectivity index is 1.54. The number of aromatic amines is 1. The van der Waals surface area contributed by atoms with Gasteiger partial charge in [0.25, 0.3) is 5.91 Å². The van der Waals surface area contributed by atoms with Crippen LogP contribution in [-0.2, 0) is 6.54 Å². The minimum Gasteiger partial charge on any atom is -0.467 e. The normalized spacial score (nSPS) is 16.8. The van der Waals surface area contributed by atoms with E-state index in [0.29, 0.717) is 29.3 Å². The van der Waals surface area contributed by atoms with Gasteiger partial charge < -0.3 is 14.6 Å². The maximum Gasteiger partial charge on any atom is 0.274 e. The van der Waals surface area contributed by atoms with Crippen molar-refractivity contribution in [3.63, 3.8) is 0 Å². The van der Waals surface area contributed by atoms with E-state index >= 15 is 0 Å². The molecule has 0 aromatic carbocycles. The van der Waals surface area contributed by atoms with Gasteiger partial charge in [-0.25, -0.2) is 9.97 Å². The molecule has 134 valence electrons. The summed E-state index contributed by atoms with van der Waals surface area (Å²) in [6.07, 6.45) is 4.82. The molecule has 0 aliphatic carbocycles. The first-order valence-electron chi connectivity index (χ1n) is 8.05. The number of amides is 1. The van der Waals surface area contributed by atoms with Crippen molar-refractivity contribution >= 4 is 27.8 Å². The number of anilines is 1. The van der Waals surface area contributed by atoms with Gasteiger partial charge in [0.1, 0.15) is 11.5 Å². The van der Waals surface area contributed by atoms with Crippen LogP contribution in [0.2, 0.25) is 0 Å². The molecule has 1 aliphatic rings. The Labute approximate surface area is 156 Å². The SMILES string of the molecule is O=C(c1nc(NCc2ccco2)ncc1Br)N1CCCC1c1nn[nH]n1. The first-order chi connectivity index (χ1) is 12.7. The smallest absolute Gasteiger partial charge is 0.274 e. The number of nitrogens with one attached hydrogen (secondary N) is 2. The van der Waals surface area contributed by atoms with Crippen LogP contribution in [0.15, 0.2) is 33.5 Å². The van der Waals surface area contributed by atoms with Crippen molar-refractivity contribution in [1.29, 1.82) is 0 Å². The van der Waals surface area contributed by atoms with Gasteiger partial charge in [-0.3, -0.25) is 4.79 Å². The van der Waals surface area contributed by atoms with Crippen LogP contribution in [0, 0.1) is 0 Å². The van der Waals surface area contributed by atoms with Gasteiger partial charge >= 0.3 is 0 Å². The topological polar surface area (TPSA) is 126 Å². The van der Waals surface area contributed by atoms with E-state index in [-0.39, 0.29) is 17.6 Å². The van der Waals surface area contributed by atoms with E-state index in [9.17, 15) is 4.79 Å². The summed E-state index contributed by atoms with van der Waals surface area (Å²) in [6.45, 7) is 1.04. The fourth-order valence-electron chi connectivity index (χ4n) is 2.91. The second kappa shape index (κ2) is 7.20. The van der Waals surface area contributed by atoms with Crippen LogP contribution >= 0.6 is 15.9 Å². The van der Waals surface area contributed by atoms with Crippen molar-refractivity contribution < 1.29 is 9.21 Å². The summed E-state index contributed by atoms with van der Waals surface area (Å²) >= 11 is 3.37. The van der Waals surface area contributed by atoms with Crippen LogP contribution < -0.4 is 5.32 Å².